The number of hydrogen-bond acceptors (Lipinski definition) is 5. The third-order valence-electron chi connectivity index (χ3n) is 4.06. The molecule has 7 heteroatoms. The Bertz CT molecular complexity index is 738. The second-order valence-corrected chi connectivity index (χ2v) is 7.13. The zero-order valence-electron chi connectivity index (χ0n) is 14.7. The van der Waals surface area contributed by atoms with E-state index in [-0.39, 0.29) is 18.8 Å². The van der Waals surface area contributed by atoms with Crippen LogP contribution in [0.2, 0.25) is 10.0 Å². The van der Waals surface area contributed by atoms with Crippen molar-refractivity contribution in [3.8, 4) is 0 Å². The molecule has 1 aliphatic rings. The minimum Gasteiger partial charge on any atom is -0.391 e. The monoisotopic (exact) mass is 393 g/mol. The first-order valence-corrected chi connectivity index (χ1v) is 9.23. The van der Waals surface area contributed by atoms with Crippen LogP contribution in [0.3, 0.4) is 0 Å². The molecule has 0 spiro atoms. The minimum atomic E-state index is 0.201. The molecule has 0 bridgehead atoms. The van der Waals surface area contributed by atoms with Gasteiger partial charge in [0.1, 0.15) is 12.4 Å². The predicted molar refractivity (Wildman–Crippen MR) is 105 cm³/mol. The van der Waals surface area contributed by atoms with E-state index in [0.29, 0.717) is 10.0 Å². The molecule has 1 aromatic heterocycles. The van der Waals surface area contributed by atoms with Crippen molar-refractivity contribution in [2.75, 3.05) is 18.0 Å². The summed E-state index contributed by atoms with van der Waals surface area (Å²) in [5.74, 6) is 0.938. The fourth-order valence-electron chi connectivity index (χ4n) is 2.90. The summed E-state index contributed by atoms with van der Waals surface area (Å²) in [5, 5.41) is 5.09. The highest BCUT2D eigenvalue weighted by Gasteiger charge is 2.22. The second-order valence-electron chi connectivity index (χ2n) is 6.32. The van der Waals surface area contributed by atoms with Gasteiger partial charge in [0.2, 0.25) is 0 Å². The SMILES string of the molecule is CC1CN(c2ccc(/C=N/OCc3c(Cl)cccc3Cl)cn2)CC(C)O1. The van der Waals surface area contributed by atoms with E-state index in [1.165, 1.54) is 0 Å². The third-order valence-corrected chi connectivity index (χ3v) is 4.77. The zero-order chi connectivity index (χ0) is 18.5. The maximum Gasteiger partial charge on any atom is 0.145 e. The van der Waals surface area contributed by atoms with E-state index in [1.54, 1.807) is 30.6 Å². The molecule has 0 amide bonds. The lowest BCUT2D eigenvalue weighted by Gasteiger charge is -2.36. The Morgan fingerprint density at radius 2 is 1.88 bits per heavy atom. The number of nitrogens with zero attached hydrogens (tertiary/aromatic N) is 3. The van der Waals surface area contributed by atoms with Crippen LogP contribution < -0.4 is 4.90 Å². The number of oxime groups is 1. The van der Waals surface area contributed by atoms with Gasteiger partial charge in [-0.15, -0.1) is 0 Å². The van der Waals surface area contributed by atoms with Gasteiger partial charge >= 0.3 is 0 Å². The molecule has 1 aromatic carbocycles. The van der Waals surface area contributed by atoms with E-state index in [9.17, 15) is 0 Å². The van der Waals surface area contributed by atoms with Crippen LogP contribution in [0.1, 0.15) is 25.0 Å². The molecule has 2 unspecified atom stereocenters. The van der Waals surface area contributed by atoms with Gasteiger partial charge in [0, 0.05) is 40.5 Å². The number of pyridine rings is 1. The van der Waals surface area contributed by atoms with Crippen LogP contribution >= 0.6 is 23.2 Å². The van der Waals surface area contributed by atoms with Crippen LogP contribution in [0.15, 0.2) is 41.7 Å². The zero-order valence-corrected chi connectivity index (χ0v) is 16.2. The van der Waals surface area contributed by atoms with Crippen molar-refractivity contribution in [3.05, 3.63) is 57.7 Å². The quantitative estimate of drug-likeness (QED) is 0.551. The van der Waals surface area contributed by atoms with Crippen molar-refractivity contribution in [3.63, 3.8) is 0 Å². The Hall–Kier alpha value is -1.82. The summed E-state index contributed by atoms with van der Waals surface area (Å²) in [7, 11) is 0. The number of anilines is 1. The highest BCUT2D eigenvalue weighted by Crippen LogP contribution is 2.25. The molecular weight excluding hydrogens is 373 g/mol. The van der Waals surface area contributed by atoms with Crippen molar-refractivity contribution in [1.29, 1.82) is 0 Å². The number of rotatable bonds is 5. The van der Waals surface area contributed by atoms with Crippen LogP contribution in [0, 0.1) is 0 Å². The van der Waals surface area contributed by atoms with E-state index in [1.807, 2.05) is 12.1 Å². The predicted octanol–water partition coefficient (Wildman–Crippen LogP) is 4.55. The van der Waals surface area contributed by atoms with E-state index in [2.05, 4.69) is 28.9 Å². The number of halogens is 2. The van der Waals surface area contributed by atoms with Gasteiger partial charge in [0.15, 0.2) is 0 Å². The molecule has 2 atom stereocenters. The van der Waals surface area contributed by atoms with Crippen molar-refractivity contribution < 1.29 is 9.57 Å². The Kier molecular flexibility index (Phi) is 6.35. The van der Waals surface area contributed by atoms with Crippen molar-refractivity contribution in [1.82, 2.24) is 4.98 Å². The Balaban J connectivity index is 1.56. The molecule has 2 heterocycles. The first-order valence-electron chi connectivity index (χ1n) is 8.47. The number of benzene rings is 1. The second kappa shape index (κ2) is 8.71. The molecule has 3 rings (SSSR count). The van der Waals surface area contributed by atoms with Gasteiger partial charge in [0.25, 0.3) is 0 Å². The lowest BCUT2D eigenvalue weighted by Crippen LogP contribution is -2.45. The molecular formula is C19H21Cl2N3O2. The summed E-state index contributed by atoms with van der Waals surface area (Å²) in [4.78, 5) is 12.1. The number of morpholine rings is 1. The molecule has 1 fully saturated rings. The maximum atomic E-state index is 6.10. The van der Waals surface area contributed by atoms with Gasteiger partial charge in [-0.1, -0.05) is 34.4 Å². The Morgan fingerprint density at radius 3 is 2.50 bits per heavy atom. The van der Waals surface area contributed by atoms with E-state index in [0.717, 1.165) is 30.0 Å². The van der Waals surface area contributed by atoms with Crippen LogP contribution in [-0.4, -0.2) is 36.5 Å². The average Bonchev–Trinajstić information content (AvgIpc) is 2.60. The lowest BCUT2D eigenvalue weighted by molar-refractivity contribution is -0.00545. The van der Waals surface area contributed by atoms with Crippen LogP contribution in [0.25, 0.3) is 0 Å². The summed E-state index contributed by atoms with van der Waals surface area (Å²) in [6.45, 7) is 6.04. The molecule has 26 heavy (non-hydrogen) atoms. The van der Waals surface area contributed by atoms with Gasteiger partial charge in [0.05, 0.1) is 18.4 Å². The molecule has 1 aliphatic heterocycles. The number of aromatic nitrogens is 1. The first kappa shape index (κ1) is 19.0. The average molecular weight is 394 g/mol. The summed E-state index contributed by atoms with van der Waals surface area (Å²) in [6.07, 6.45) is 3.79. The van der Waals surface area contributed by atoms with Crippen LogP contribution in [-0.2, 0) is 16.2 Å². The van der Waals surface area contributed by atoms with Gasteiger partial charge in [-0.25, -0.2) is 4.98 Å². The third kappa shape index (κ3) is 4.87. The van der Waals surface area contributed by atoms with E-state index < -0.39 is 0 Å². The van der Waals surface area contributed by atoms with Crippen molar-refractivity contribution in [2.24, 2.45) is 5.16 Å². The first-order chi connectivity index (χ1) is 12.5. The van der Waals surface area contributed by atoms with Crippen LogP contribution in [0.5, 0.6) is 0 Å². The summed E-state index contributed by atoms with van der Waals surface area (Å²) >= 11 is 12.2. The van der Waals surface area contributed by atoms with E-state index >= 15 is 0 Å². The van der Waals surface area contributed by atoms with Gasteiger partial charge in [-0.3, -0.25) is 0 Å². The molecule has 0 N–H and O–H groups in total. The van der Waals surface area contributed by atoms with Crippen LogP contribution in [0.4, 0.5) is 5.82 Å². The fraction of sp³-hybridized carbons (Fsp3) is 0.368. The van der Waals surface area contributed by atoms with Gasteiger partial charge < -0.3 is 14.5 Å². The van der Waals surface area contributed by atoms with Gasteiger partial charge in [-0.05, 0) is 38.1 Å². The largest absolute Gasteiger partial charge is 0.391 e. The van der Waals surface area contributed by atoms with E-state index in [4.69, 9.17) is 32.8 Å². The summed E-state index contributed by atoms with van der Waals surface area (Å²) in [5.41, 5.74) is 1.57. The Labute approximate surface area is 163 Å². The smallest absolute Gasteiger partial charge is 0.145 e. The molecule has 0 radical (unpaired) electrons. The van der Waals surface area contributed by atoms with Crippen molar-refractivity contribution >= 4 is 35.2 Å². The topological polar surface area (TPSA) is 47.0 Å². The summed E-state index contributed by atoms with van der Waals surface area (Å²) < 4.78 is 5.75. The normalized spacial score (nSPS) is 20.5. The molecule has 0 aliphatic carbocycles. The molecule has 2 aromatic rings. The summed E-state index contributed by atoms with van der Waals surface area (Å²) in [6, 6.07) is 9.28. The fourth-order valence-corrected chi connectivity index (χ4v) is 3.40. The highest BCUT2D eigenvalue weighted by molar-refractivity contribution is 6.35. The highest BCUT2D eigenvalue weighted by atomic mass is 35.5. The van der Waals surface area contributed by atoms with Crippen molar-refractivity contribution in [2.45, 2.75) is 32.7 Å². The number of hydrogen-bond donors (Lipinski definition) is 0. The lowest BCUT2D eigenvalue weighted by atomic mass is 10.2. The molecule has 138 valence electrons. The number of ether oxygens (including phenoxy) is 1. The minimum absolute atomic E-state index is 0.201. The maximum absolute atomic E-state index is 6.10. The molecule has 0 saturated carbocycles. The Morgan fingerprint density at radius 1 is 1.19 bits per heavy atom. The standard InChI is InChI=1S/C19H21Cl2N3O2/c1-13-10-24(11-14(2)26-13)19-7-6-15(8-22-19)9-23-25-12-16-17(20)4-3-5-18(16)21/h3-9,13-14H,10-12H2,1-2H3/b23-9+. The molecule has 1 saturated heterocycles. The van der Waals surface area contributed by atoms with Gasteiger partial charge in [-0.2, -0.15) is 0 Å². The molecule has 5 nitrogen and oxygen atoms in total.